The summed E-state index contributed by atoms with van der Waals surface area (Å²) < 4.78 is 5.19. The molecule has 3 aromatic rings. The second-order valence-corrected chi connectivity index (χ2v) is 7.84. The van der Waals surface area contributed by atoms with Gasteiger partial charge in [-0.1, -0.05) is 42.5 Å². The van der Waals surface area contributed by atoms with Gasteiger partial charge in [0.1, 0.15) is 11.5 Å². The fraction of sp³-hybridized carbons (Fsp3) is 0.280. The fourth-order valence-electron chi connectivity index (χ4n) is 3.41. The van der Waals surface area contributed by atoms with Crippen molar-refractivity contribution in [1.82, 2.24) is 15.2 Å². The van der Waals surface area contributed by atoms with E-state index in [4.69, 9.17) is 4.74 Å². The standard InChI is InChI=1S/C25H30N4O3/c1-28(17-19-8-11-21(32-3)12-9-19)14-15-29(2)18-25(31)27-26-16-23-22-7-5-4-6-20(22)10-13-24(23)30/h4-13,16,30H,14-15,17-18H2,1-3H3,(H,27,31)/b26-16+. The monoisotopic (exact) mass is 434 g/mol. The Morgan fingerprint density at radius 2 is 1.75 bits per heavy atom. The predicted molar refractivity (Wildman–Crippen MR) is 128 cm³/mol. The highest BCUT2D eigenvalue weighted by molar-refractivity contribution is 6.02. The first-order valence-corrected chi connectivity index (χ1v) is 10.5. The van der Waals surface area contributed by atoms with Gasteiger partial charge in [0.15, 0.2) is 0 Å². The molecule has 0 aromatic heterocycles. The predicted octanol–water partition coefficient (Wildman–Crippen LogP) is 3.07. The van der Waals surface area contributed by atoms with E-state index in [1.54, 1.807) is 13.2 Å². The summed E-state index contributed by atoms with van der Waals surface area (Å²) in [5.74, 6) is 0.764. The van der Waals surface area contributed by atoms with Crippen LogP contribution < -0.4 is 10.2 Å². The molecule has 3 aromatic carbocycles. The maximum atomic E-state index is 12.2. The number of ether oxygens (including phenoxy) is 1. The number of hydrazone groups is 1. The molecule has 0 aliphatic carbocycles. The van der Waals surface area contributed by atoms with Crippen LogP contribution in [-0.4, -0.2) is 67.9 Å². The Morgan fingerprint density at radius 3 is 2.50 bits per heavy atom. The van der Waals surface area contributed by atoms with Crippen LogP contribution in [0.1, 0.15) is 11.1 Å². The van der Waals surface area contributed by atoms with Crippen molar-refractivity contribution in [2.45, 2.75) is 6.54 Å². The van der Waals surface area contributed by atoms with Crippen LogP contribution in [-0.2, 0) is 11.3 Å². The molecule has 0 saturated carbocycles. The molecule has 0 radical (unpaired) electrons. The van der Waals surface area contributed by atoms with Gasteiger partial charge in [-0.05, 0) is 48.6 Å². The van der Waals surface area contributed by atoms with E-state index < -0.39 is 0 Å². The lowest BCUT2D eigenvalue weighted by molar-refractivity contribution is -0.121. The van der Waals surface area contributed by atoms with Crippen LogP contribution in [0, 0.1) is 0 Å². The molecule has 0 fully saturated rings. The Kier molecular flexibility index (Phi) is 8.19. The Labute approximate surface area is 188 Å². The third-order valence-electron chi connectivity index (χ3n) is 5.22. The number of benzene rings is 3. The first kappa shape index (κ1) is 23.2. The number of amides is 1. The number of nitrogens with one attached hydrogen (secondary N) is 1. The quantitative estimate of drug-likeness (QED) is 0.379. The van der Waals surface area contributed by atoms with E-state index in [-0.39, 0.29) is 18.2 Å². The second-order valence-electron chi connectivity index (χ2n) is 7.84. The molecule has 0 spiro atoms. The first-order valence-electron chi connectivity index (χ1n) is 10.5. The highest BCUT2D eigenvalue weighted by Crippen LogP contribution is 2.25. The number of phenols is 1. The molecule has 0 aliphatic heterocycles. The average molecular weight is 435 g/mol. The molecule has 0 saturated heterocycles. The molecule has 0 unspecified atom stereocenters. The average Bonchev–Trinajstić information content (AvgIpc) is 2.79. The number of nitrogens with zero attached hydrogens (tertiary/aromatic N) is 3. The van der Waals surface area contributed by atoms with Gasteiger partial charge >= 0.3 is 0 Å². The summed E-state index contributed by atoms with van der Waals surface area (Å²) in [6.45, 7) is 2.62. The van der Waals surface area contributed by atoms with Crippen molar-refractivity contribution in [3.05, 3.63) is 71.8 Å². The van der Waals surface area contributed by atoms with Crippen LogP contribution in [0.15, 0.2) is 65.8 Å². The number of phenolic OH excluding ortho intramolecular Hbond substituents is 1. The molecule has 1 amide bonds. The molecule has 168 valence electrons. The minimum Gasteiger partial charge on any atom is -0.507 e. The number of fused-ring (bicyclic) bond motifs is 1. The number of hydrogen-bond acceptors (Lipinski definition) is 6. The highest BCUT2D eigenvalue weighted by atomic mass is 16.5. The molecular formula is C25H30N4O3. The summed E-state index contributed by atoms with van der Waals surface area (Å²) in [5, 5.41) is 16.1. The van der Waals surface area contributed by atoms with E-state index in [0.29, 0.717) is 5.56 Å². The molecule has 2 N–H and O–H groups in total. The second kappa shape index (κ2) is 11.3. The van der Waals surface area contributed by atoms with Gasteiger partial charge in [0.25, 0.3) is 5.91 Å². The lowest BCUT2D eigenvalue weighted by Crippen LogP contribution is -2.37. The van der Waals surface area contributed by atoms with Crippen LogP contribution in [0.3, 0.4) is 0 Å². The van der Waals surface area contributed by atoms with E-state index in [1.165, 1.54) is 11.8 Å². The van der Waals surface area contributed by atoms with Crippen molar-refractivity contribution in [2.75, 3.05) is 40.8 Å². The third kappa shape index (κ3) is 6.54. The van der Waals surface area contributed by atoms with Crippen molar-refractivity contribution < 1.29 is 14.6 Å². The van der Waals surface area contributed by atoms with Gasteiger partial charge in [-0.25, -0.2) is 5.43 Å². The van der Waals surface area contributed by atoms with Gasteiger partial charge in [0.05, 0.1) is 19.9 Å². The Bertz CT molecular complexity index is 1070. The van der Waals surface area contributed by atoms with E-state index in [1.807, 2.05) is 54.4 Å². The number of carbonyl (C=O) groups is 1. The van der Waals surface area contributed by atoms with Gasteiger partial charge in [-0.2, -0.15) is 5.10 Å². The van der Waals surface area contributed by atoms with Gasteiger partial charge in [-0.15, -0.1) is 0 Å². The number of likely N-dealkylation sites (N-methyl/N-ethyl adjacent to an activating group) is 2. The Balaban J connectivity index is 1.44. The summed E-state index contributed by atoms with van der Waals surface area (Å²) in [7, 11) is 5.62. The highest BCUT2D eigenvalue weighted by Gasteiger charge is 2.08. The number of carbonyl (C=O) groups excluding carboxylic acids is 1. The van der Waals surface area contributed by atoms with Crippen LogP contribution >= 0.6 is 0 Å². The minimum absolute atomic E-state index is 0.124. The van der Waals surface area contributed by atoms with Crippen LogP contribution in [0.5, 0.6) is 11.5 Å². The number of aromatic hydroxyl groups is 1. The van der Waals surface area contributed by atoms with Crippen LogP contribution in [0.2, 0.25) is 0 Å². The van der Waals surface area contributed by atoms with Gasteiger partial charge in [0, 0.05) is 25.2 Å². The van der Waals surface area contributed by atoms with Crippen LogP contribution in [0.4, 0.5) is 0 Å². The Hall–Kier alpha value is -3.42. The Morgan fingerprint density at radius 1 is 1.03 bits per heavy atom. The van der Waals surface area contributed by atoms with Crippen molar-refractivity contribution in [1.29, 1.82) is 0 Å². The largest absolute Gasteiger partial charge is 0.507 e. The lowest BCUT2D eigenvalue weighted by Gasteiger charge is -2.21. The van der Waals surface area contributed by atoms with Crippen molar-refractivity contribution in [3.63, 3.8) is 0 Å². The molecule has 0 atom stereocenters. The molecule has 0 bridgehead atoms. The number of methoxy groups -OCH3 is 1. The molecule has 7 heteroatoms. The molecular weight excluding hydrogens is 404 g/mol. The smallest absolute Gasteiger partial charge is 0.254 e. The van der Waals surface area contributed by atoms with E-state index in [2.05, 4.69) is 34.6 Å². The number of rotatable bonds is 10. The normalized spacial score (nSPS) is 11.5. The van der Waals surface area contributed by atoms with Gasteiger partial charge in [0.2, 0.25) is 0 Å². The van der Waals surface area contributed by atoms with Crippen molar-refractivity contribution >= 4 is 22.9 Å². The van der Waals surface area contributed by atoms with Crippen molar-refractivity contribution in [3.8, 4) is 11.5 Å². The summed E-state index contributed by atoms with van der Waals surface area (Å²) in [6.07, 6.45) is 1.48. The molecule has 7 nitrogen and oxygen atoms in total. The van der Waals surface area contributed by atoms with E-state index in [0.717, 1.165) is 36.2 Å². The summed E-state index contributed by atoms with van der Waals surface area (Å²) in [6, 6.07) is 19.2. The minimum atomic E-state index is -0.207. The third-order valence-corrected chi connectivity index (χ3v) is 5.22. The molecule has 0 aliphatic rings. The van der Waals surface area contributed by atoms with Crippen LogP contribution in [0.25, 0.3) is 10.8 Å². The summed E-state index contributed by atoms with van der Waals surface area (Å²) >= 11 is 0. The van der Waals surface area contributed by atoms with Crippen molar-refractivity contribution in [2.24, 2.45) is 5.10 Å². The maximum absolute atomic E-state index is 12.2. The first-order chi connectivity index (χ1) is 15.5. The van der Waals surface area contributed by atoms with E-state index >= 15 is 0 Å². The zero-order chi connectivity index (χ0) is 22.9. The number of hydrogen-bond donors (Lipinski definition) is 2. The summed E-state index contributed by atoms with van der Waals surface area (Å²) in [5.41, 5.74) is 4.33. The topological polar surface area (TPSA) is 77.4 Å². The molecule has 3 rings (SSSR count). The lowest BCUT2D eigenvalue weighted by atomic mass is 10.0. The van der Waals surface area contributed by atoms with Gasteiger partial charge < -0.3 is 14.7 Å². The van der Waals surface area contributed by atoms with Gasteiger partial charge in [-0.3, -0.25) is 9.69 Å². The molecule has 0 heterocycles. The zero-order valence-corrected chi connectivity index (χ0v) is 18.8. The molecule has 32 heavy (non-hydrogen) atoms. The maximum Gasteiger partial charge on any atom is 0.254 e. The SMILES string of the molecule is COc1ccc(CN(C)CCN(C)CC(=O)N/N=C/c2c(O)ccc3ccccc23)cc1. The van der Waals surface area contributed by atoms with E-state index in [9.17, 15) is 9.90 Å². The summed E-state index contributed by atoms with van der Waals surface area (Å²) in [4.78, 5) is 16.4. The zero-order valence-electron chi connectivity index (χ0n) is 18.8. The fourth-order valence-corrected chi connectivity index (χ4v) is 3.41.